The van der Waals surface area contributed by atoms with Crippen molar-refractivity contribution in [1.82, 2.24) is 15.5 Å². The predicted molar refractivity (Wildman–Crippen MR) is 68.4 cm³/mol. The Morgan fingerprint density at radius 3 is 2.57 bits per heavy atom. The van der Waals surface area contributed by atoms with Gasteiger partial charge in [0, 0.05) is 19.3 Å². The number of amides is 1. The van der Waals surface area contributed by atoms with Gasteiger partial charge in [0.2, 0.25) is 11.8 Å². The van der Waals surface area contributed by atoms with E-state index < -0.39 is 30.3 Å². The van der Waals surface area contributed by atoms with Gasteiger partial charge in [-0.3, -0.25) is 9.59 Å². The molecule has 0 aliphatic carbocycles. The van der Waals surface area contributed by atoms with Crippen LogP contribution < -0.4 is 5.32 Å². The molecule has 3 N–H and O–H groups in total. The zero-order valence-electron chi connectivity index (χ0n) is 11.5. The van der Waals surface area contributed by atoms with Crippen LogP contribution in [-0.2, 0) is 27.2 Å². The van der Waals surface area contributed by atoms with Crippen LogP contribution in [-0.4, -0.2) is 44.2 Å². The maximum absolute atomic E-state index is 11.6. The van der Waals surface area contributed by atoms with E-state index in [1.807, 2.05) is 6.92 Å². The standard InChI is InChI=1S/C12H17N3O6/c1-2-3-8-14-10(21-15-8)5-4-9(16)13-7(12(19)20)6-11(17)18/h7H,2-6H2,1H3,(H,13,16)(H,17,18)(H,19,20)/t7-/m1/s1. The second-order valence-corrected chi connectivity index (χ2v) is 4.41. The average Bonchev–Trinajstić information content (AvgIpc) is 2.83. The number of carboxylic acid groups (broad SMARTS) is 2. The molecule has 0 aliphatic rings. The van der Waals surface area contributed by atoms with Crippen LogP contribution >= 0.6 is 0 Å². The largest absolute Gasteiger partial charge is 0.481 e. The van der Waals surface area contributed by atoms with Crippen molar-refractivity contribution in [3.8, 4) is 0 Å². The number of hydrogen-bond acceptors (Lipinski definition) is 6. The van der Waals surface area contributed by atoms with Gasteiger partial charge in [0.25, 0.3) is 0 Å². The molecule has 9 heteroatoms. The Bertz CT molecular complexity index is 513. The minimum Gasteiger partial charge on any atom is -0.481 e. The average molecular weight is 299 g/mol. The molecule has 1 aromatic rings. The second kappa shape index (κ2) is 7.98. The third-order valence-corrected chi connectivity index (χ3v) is 2.56. The fourth-order valence-corrected chi connectivity index (χ4v) is 1.58. The van der Waals surface area contributed by atoms with E-state index in [0.717, 1.165) is 6.42 Å². The Hall–Kier alpha value is -2.45. The van der Waals surface area contributed by atoms with Gasteiger partial charge in [-0.15, -0.1) is 0 Å². The summed E-state index contributed by atoms with van der Waals surface area (Å²) < 4.78 is 4.93. The molecule has 1 rings (SSSR count). The summed E-state index contributed by atoms with van der Waals surface area (Å²) in [6.07, 6.45) is 0.978. The maximum atomic E-state index is 11.6. The summed E-state index contributed by atoms with van der Waals surface area (Å²) in [7, 11) is 0. The molecule has 0 spiro atoms. The van der Waals surface area contributed by atoms with Gasteiger partial charge >= 0.3 is 11.9 Å². The topological polar surface area (TPSA) is 143 Å². The van der Waals surface area contributed by atoms with Crippen LogP contribution in [0.5, 0.6) is 0 Å². The quantitative estimate of drug-likeness (QED) is 0.578. The molecule has 0 fully saturated rings. The lowest BCUT2D eigenvalue weighted by Gasteiger charge is -2.11. The second-order valence-electron chi connectivity index (χ2n) is 4.41. The van der Waals surface area contributed by atoms with Crippen LogP contribution in [0, 0.1) is 0 Å². The van der Waals surface area contributed by atoms with Gasteiger partial charge in [-0.1, -0.05) is 12.1 Å². The van der Waals surface area contributed by atoms with E-state index in [9.17, 15) is 14.4 Å². The van der Waals surface area contributed by atoms with Crippen molar-refractivity contribution in [3.05, 3.63) is 11.7 Å². The maximum Gasteiger partial charge on any atom is 0.326 e. The van der Waals surface area contributed by atoms with Crippen molar-refractivity contribution in [1.29, 1.82) is 0 Å². The van der Waals surface area contributed by atoms with Gasteiger partial charge in [0.15, 0.2) is 5.82 Å². The molecule has 0 aliphatic heterocycles. The number of carbonyl (C=O) groups excluding carboxylic acids is 1. The van der Waals surface area contributed by atoms with Crippen LogP contribution in [0.4, 0.5) is 0 Å². The smallest absolute Gasteiger partial charge is 0.326 e. The van der Waals surface area contributed by atoms with Gasteiger partial charge in [-0.05, 0) is 6.42 Å². The lowest BCUT2D eigenvalue weighted by atomic mass is 10.2. The zero-order valence-corrected chi connectivity index (χ0v) is 11.5. The van der Waals surface area contributed by atoms with Crippen molar-refractivity contribution in [2.24, 2.45) is 0 Å². The third kappa shape index (κ3) is 6.02. The summed E-state index contributed by atoms with van der Waals surface area (Å²) in [5.41, 5.74) is 0. The highest BCUT2D eigenvalue weighted by Gasteiger charge is 2.23. The number of aromatic nitrogens is 2. The highest BCUT2D eigenvalue weighted by atomic mass is 16.5. The minimum atomic E-state index is -1.45. The van der Waals surface area contributed by atoms with Crippen molar-refractivity contribution < 1.29 is 29.1 Å². The summed E-state index contributed by atoms with van der Waals surface area (Å²) in [6.45, 7) is 1.97. The highest BCUT2D eigenvalue weighted by molar-refractivity contribution is 5.86. The molecular weight excluding hydrogens is 282 g/mol. The Balaban J connectivity index is 2.44. The summed E-state index contributed by atoms with van der Waals surface area (Å²) in [5, 5.41) is 23.2. The third-order valence-electron chi connectivity index (χ3n) is 2.56. The number of nitrogens with one attached hydrogen (secondary N) is 1. The van der Waals surface area contributed by atoms with Crippen molar-refractivity contribution in [2.45, 2.75) is 45.1 Å². The number of nitrogens with zero attached hydrogens (tertiary/aromatic N) is 2. The molecule has 1 aromatic heterocycles. The van der Waals surface area contributed by atoms with E-state index >= 15 is 0 Å². The van der Waals surface area contributed by atoms with E-state index in [0.29, 0.717) is 18.1 Å². The van der Waals surface area contributed by atoms with Crippen LogP contribution in [0.3, 0.4) is 0 Å². The number of aryl methyl sites for hydroxylation is 2. The van der Waals surface area contributed by atoms with E-state index in [2.05, 4.69) is 15.5 Å². The molecule has 0 saturated heterocycles. The molecule has 1 heterocycles. The van der Waals surface area contributed by atoms with Crippen LogP contribution in [0.2, 0.25) is 0 Å². The van der Waals surface area contributed by atoms with Crippen LogP contribution in [0.25, 0.3) is 0 Å². The first kappa shape index (κ1) is 16.6. The van der Waals surface area contributed by atoms with Gasteiger partial charge in [0.1, 0.15) is 6.04 Å². The summed E-state index contributed by atoms with van der Waals surface area (Å²) >= 11 is 0. The van der Waals surface area contributed by atoms with E-state index in [1.165, 1.54) is 0 Å². The first-order valence-electron chi connectivity index (χ1n) is 6.47. The molecule has 0 unspecified atom stereocenters. The van der Waals surface area contributed by atoms with Gasteiger partial charge in [-0.2, -0.15) is 4.98 Å². The molecule has 0 bridgehead atoms. The van der Waals surface area contributed by atoms with Gasteiger partial charge in [-0.25, -0.2) is 4.79 Å². The molecule has 0 radical (unpaired) electrons. The predicted octanol–water partition coefficient (Wildman–Crippen LogP) is -0.00120. The van der Waals surface area contributed by atoms with Gasteiger partial charge < -0.3 is 20.1 Å². The first-order chi connectivity index (χ1) is 9.92. The number of carboxylic acids is 2. The number of hydrogen-bond donors (Lipinski definition) is 3. The van der Waals surface area contributed by atoms with Crippen molar-refractivity contribution >= 4 is 17.8 Å². The lowest BCUT2D eigenvalue weighted by molar-refractivity contribution is -0.147. The zero-order chi connectivity index (χ0) is 15.8. The molecule has 9 nitrogen and oxygen atoms in total. The Labute approximate surface area is 120 Å². The molecule has 116 valence electrons. The van der Waals surface area contributed by atoms with Crippen LogP contribution in [0.1, 0.15) is 37.9 Å². The highest BCUT2D eigenvalue weighted by Crippen LogP contribution is 2.03. The summed E-state index contributed by atoms with van der Waals surface area (Å²) in [6, 6.07) is -1.45. The summed E-state index contributed by atoms with van der Waals surface area (Å²) in [5.74, 6) is -2.43. The van der Waals surface area contributed by atoms with Gasteiger partial charge in [0.05, 0.1) is 6.42 Å². The van der Waals surface area contributed by atoms with E-state index in [-0.39, 0.29) is 12.8 Å². The fraction of sp³-hybridized carbons (Fsp3) is 0.583. The summed E-state index contributed by atoms with van der Waals surface area (Å²) in [4.78, 5) is 36.9. The molecule has 1 amide bonds. The number of rotatable bonds is 9. The molecule has 0 saturated carbocycles. The van der Waals surface area contributed by atoms with E-state index in [4.69, 9.17) is 14.7 Å². The fourth-order valence-electron chi connectivity index (χ4n) is 1.58. The SMILES string of the molecule is CCCc1noc(CCC(=O)N[C@H](CC(=O)O)C(=O)O)n1. The molecular formula is C12H17N3O6. The number of carbonyl (C=O) groups is 3. The molecule has 0 aromatic carbocycles. The lowest BCUT2D eigenvalue weighted by Crippen LogP contribution is -2.42. The monoisotopic (exact) mass is 299 g/mol. The Morgan fingerprint density at radius 2 is 2.00 bits per heavy atom. The van der Waals surface area contributed by atoms with Crippen molar-refractivity contribution in [2.75, 3.05) is 0 Å². The minimum absolute atomic E-state index is 0.0584. The number of aliphatic carboxylic acids is 2. The van der Waals surface area contributed by atoms with Crippen molar-refractivity contribution in [3.63, 3.8) is 0 Å². The molecule has 1 atom stereocenters. The Kier molecular flexibility index (Phi) is 6.31. The first-order valence-corrected chi connectivity index (χ1v) is 6.47. The van der Waals surface area contributed by atoms with E-state index in [1.54, 1.807) is 0 Å². The van der Waals surface area contributed by atoms with Crippen LogP contribution in [0.15, 0.2) is 4.52 Å². The Morgan fingerprint density at radius 1 is 1.29 bits per heavy atom. The molecule has 21 heavy (non-hydrogen) atoms. The normalized spacial score (nSPS) is 11.9.